The van der Waals surface area contributed by atoms with Gasteiger partial charge in [0.15, 0.2) is 0 Å². The molecule has 0 saturated carbocycles. The maximum absolute atomic E-state index is 8.72. The summed E-state index contributed by atoms with van der Waals surface area (Å²) in [5.41, 5.74) is 0. The second kappa shape index (κ2) is 6.58. The largest absolute Gasteiger partial charge is 0.396 e. The summed E-state index contributed by atoms with van der Waals surface area (Å²) in [6, 6.07) is 0.848. The topological polar surface area (TPSA) is 26.7 Å². The van der Waals surface area contributed by atoms with Crippen molar-refractivity contribution in [2.45, 2.75) is 44.6 Å². The van der Waals surface area contributed by atoms with Crippen LogP contribution in [-0.4, -0.2) is 60.3 Å². The summed E-state index contributed by atoms with van der Waals surface area (Å²) in [5, 5.41) is 8.72. The van der Waals surface area contributed by atoms with Crippen LogP contribution in [0.5, 0.6) is 0 Å². The van der Waals surface area contributed by atoms with E-state index >= 15 is 0 Å². The van der Waals surface area contributed by atoms with Gasteiger partial charge in [-0.1, -0.05) is 0 Å². The molecule has 0 aromatic rings. The van der Waals surface area contributed by atoms with Gasteiger partial charge in [0.05, 0.1) is 0 Å². The number of aliphatic hydroxyl groups excluding tert-OH is 1. The molecule has 2 saturated heterocycles. The molecule has 1 atom stereocenters. The van der Waals surface area contributed by atoms with Gasteiger partial charge in [-0.25, -0.2) is 0 Å². The van der Waals surface area contributed by atoms with Crippen LogP contribution < -0.4 is 0 Å². The molecule has 1 N–H and O–H groups in total. The first-order chi connectivity index (χ1) is 7.90. The Morgan fingerprint density at radius 3 is 2.56 bits per heavy atom. The molecule has 2 fully saturated rings. The van der Waals surface area contributed by atoms with Crippen LogP contribution in [0.25, 0.3) is 0 Å². The van der Waals surface area contributed by atoms with Crippen molar-refractivity contribution in [3.05, 3.63) is 0 Å². The summed E-state index contributed by atoms with van der Waals surface area (Å²) in [4.78, 5) is 5.30. The molecule has 3 heteroatoms. The first-order valence-electron chi connectivity index (χ1n) is 6.97. The summed E-state index contributed by atoms with van der Waals surface area (Å²) in [5.74, 6) is 0. The summed E-state index contributed by atoms with van der Waals surface area (Å²) in [7, 11) is 0. The highest BCUT2D eigenvalue weighted by Gasteiger charge is 2.28. The maximum Gasteiger partial charge on any atom is 0.0431 e. The van der Waals surface area contributed by atoms with Gasteiger partial charge in [-0.3, -0.25) is 4.90 Å². The van der Waals surface area contributed by atoms with Crippen LogP contribution >= 0.6 is 0 Å². The third kappa shape index (κ3) is 3.44. The van der Waals surface area contributed by atoms with Crippen molar-refractivity contribution in [1.82, 2.24) is 9.80 Å². The quantitative estimate of drug-likeness (QED) is 0.692. The van der Waals surface area contributed by atoms with E-state index in [4.69, 9.17) is 5.11 Å². The van der Waals surface area contributed by atoms with Gasteiger partial charge in [-0.15, -0.1) is 0 Å². The molecule has 94 valence electrons. The number of aliphatic hydroxyl groups is 1. The first-order valence-corrected chi connectivity index (χ1v) is 6.97. The van der Waals surface area contributed by atoms with Gasteiger partial charge in [0.2, 0.25) is 0 Å². The summed E-state index contributed by atoms with van der Waals surface area (Å²) < 4.78 is 0. The fourth-order valence-corrected chi connectivity index (χ4v) is 3.04. The molecule has 0 aromatic heterocycles. The van der Waals surface area contributed by atoms with E-state index in [9.17, 15) is 0 Å². The molecule has 16 heavy (non-hydrogen) atoms. The highest BCUT2D eigenvalue weighted by atomic mass is 16.2. The number of hydrogen-bond acceptors (Lipinski definition) is 3. The zero-order valence-electron chi connectivity index (χ0n) is 10.4. The zero-order valence-corrected chi connectivity index (χ0v) is 10.4. The van der Waals surface area contributed by atoms with Crippen LogP contribution in [0.1, 0.15) is 38.5 Å². The van der Waals surface area contributed by atoms with E-state index < -0.39 is 0 Å². The third-order valence-corrected chi connectivity index (χ3v) is 4.04. The van der Waals surface area contributed by atoms with Crippen molar-refractivity contribution >= 4 is 0 Å². The normalized spacial score (nSPS) is 27.9. The van der Waals surface area contributed by atoms with E-state index in [2.05, 4.69) is 9.80 Å². The minimum Gasteiger partial charge on any atom is -0.396 e. The van der Waals surface area contributed by atoms with Crippen molar-refractivity contribution in [2.75, 3.05) is 39.3 Å². The van der Waals surface area contributed by atoms with Gasteiger partial charge in [-0.2, -0.15) is 0 Å². The minimum atomic E-state index is 0.358. The highest BCUT2D eigenvalue weighted by Crippen LogP contribution is 2.20. The summed E-state index contributed by atoms with van der Waals surface area (Å²) in [6.07, 6.45) is 7.61. The number of hydrogen-bond donors (Lipinski definition) is 1. The van der Waals surface area contributed by atoms with Gasteiger partial charge in [0, 0.05) is 19.2 Å². The van der Waals surface area contributed by atoms with Crippen molar-refractivity contribution in [3.8, 4) is 0 Å². The van der Waals surface area contributed by atoms with Gasteiger partial charge in [0.1, 0.15) is 0 Å². The Hall–Kier alpha value is -0.120. The van der Waals surface area contributed by atoms with E-state index in [1.165, 1.54) is 64.8 Å². The average Bonchev–Trinajstić information content (AvgIpc) is 2.94. The number of rotatable bonds is 6. The molecule has 1 unspecified atom stereocenters. The van der Waals surface area contributed by atoms with Crippen molar-refractivity contribution in [2.24, 2.45) is 0 Å². The van der Waals surface area contributed by atoms with E-state index in [0.29, 0.717) is 6.61 Å². The molecule has 0 aromatic carbocycles. The fourth-order valence-electron chi connectivity index (χ4n) is 3.04. The molecule has 2 aliphatic rings. The molecule has 2 rings (SSSR count). The lowest BCUT2D eigenvalue weighted by molar-refractivity contribution is 0.228. The monoisotopic (exact) mass is 226 g/mol. The second-order valence-electron chi connectivity index (χ2n) is 5.27. The van der Waals surface area contributed by atoms with Gasteiger partial charge >= 0.3 is 0 Å². The molecule has 0 amide bonds. The molecule has 0 radical (unpaired) electrons. The maximum atomic E-state index is 8.72. The Morgan fingerprint density at radius 2 is 1.81 bits per heavy atom. The van der Waals surface area contributed by atoms with Crippen LogP contribution in [0.4, 0.5) is 0 Å². The van der Waals surface area contributed by atoms with Crippen LogP contribution in [0.3, 0.4) is 0 Å². The smallest absolute Gasteiger partial charge is 0.0431 e. The van der Waals surface area contributed by atoms with E-state index in [1.807, 2.05) is 0 Å². The SMILES string of the molecule is OCCCCCN1CCC(N2CCCC2)C1. The minimum absolute atomic E-state index is 0.358. The van der Waals surface area contributed by atoms with E-state index in [-0.39, 0.29) is 0 Å². The second-order valence-corrected chi connectivity index (χ2v) is 5.27. The van der Waals surface area contributed by atoms with Crippen molar-refractivity contribution < 1.29 is 5.11 Å². The Balaban J connectivity index is 1.59. The molecule has 2 heterocycles. The van der Waals surface area contributed by atoms with Gasteiger partial charge < -0.3 is 10.0 Å². The third-order valence-electron chi connectivity index (χ3n) is 4.04. The summed E-state index contributed by atoms with van der Waals surface area (Å²) >= 11 is 0. The average molecular weight is 226 g/mol. The molecule has 0 bridgehead atoms. The lowest BCUT2D eigenvalue weighted by Crippen LogP contribution is -2.35. The predicted octanol–water partition coefficient (Wildman–Crippen LogP) is 1.32. The van der Waals surface area contributed by atoms with Crippen LogP contribution in [0, 0.1) is 0 Å². The summed E-state index contributed by atoms with van der Waals surface area (Å²) in [6.45, 7) is 6.85. The van der Waals surface area contributed by atoms with Gasteiger partial charge in [-0.05, 0) is 64.7 Å². The Labute approximate surface area is 99.4 Å². The lowest BCUT2D eigenvalue weighted by Gasteiger charge is -2.23. The molecule has 0 spiro atoms. The molecule has 0 aliphatic carbocycles. The zero-order chi connectivity index (χ0) is 11.2. The molecular formula is C13H26N2O. The standard InChI is InChI=1S/C13H26N2O/c16-11-5-1-2-7-14-10-6-13(12-14)15-8-3-4-9-15/h13,16H,1-12H2. The van der Waals surface area contributed by atoms with Crippen molar-refractivity contribution in [1.29, 1.82) is 0 Å². The number of likely N-dealkylation sites (tertiary alicyclic amines) is 2. The molecular weight excluding hydrogens is 200 g/mol. The Bertz CT molecular complexity index is 192. The van der Waals surface area contributed by atoms with Crippen LogP contribution in [0.2, 0.25) is 0 Å². The van der Waals surface area contributed by atoms with Crippen LogP contribution in [0.15, 0.2) is 0 Å². The lowest BCUT2D eigenvalue weighted by atomic mass is 10.2. The number of nitrogens with zero attached hydrogens (tertiary/aromatic N) is 2. The predicted molar refractivity (Wildman–Crippen MR) is 66.6 cm³/mol. The molecule has 2 aliphatic heterocycles. The number of unbranched alkanes of at least 4 members (excludes halogenated alkanes) is 2. The van der Waals surface area contributed by atoms with Crippen molar-refractivity contribution in [3.63, 3.8) is 0 Å². The van der Waals surface area contributed by atoms with Gasteiger partial charge in [0.25, 0.3) is 0 Å². The van der Waals surface area contributed by atoms with Crippen LogP contribution in [-0.2, 0) is 0 Å². The van der Waals surface area contributed by atoms with E-state index in [1.54, 1.807) is 0 Å². The highest BCUT2D eigenvalue weighted by molar-refractivity contribution is 4.85. The fraction of sp³-hybridized carbons (Fsp3) is 1.00. The van der Waals surface area contributed by atoms with E-state index in [0.717, 1.165) is 12.5 Å². The Morgan fingerprint density at radius 1 is 1.00 bits per heavy atom. The Kier molecular flexibility index (Phi) is 5.07. The molecule has 3 nitrogen and oxygen atoms in total. The first kappa shape index (κ1) is 12.3.